The van der Waals surface area contributed by atoms with E-state index >= 15 is 0 Å². The van der Waals surface area contributed by atoms with Crippen molar-refractivity contribution in [1.82, 2.24) is 5.32 Å². The summed E-state index contributed by atoms with van der Waals surface area (Å²) in [6.45, 7) is 2.50. The van der Waals surface area contributed by atoms with Crippen LogP contribution in [0.2, 0.25) is 0 Å². The Kier molecular flexibility index (Phi) is 5.07. The largest absolute Gasteiger partial charge is 0.493 e. The average Bonchev–Trinajstić information content (AvgIpc) is 2.36. The summed E-state index contributed by atoms with van der Waals surface area (Å²) in [7, 11) is 3.16. The SMILES string of the molecule is CCNC(=O)C=Cc1ccc(OC)c(OC)c1. The number of nitrogens with one attached hydrogen (secondary N) is 1. The van der Waals surface area contributed by atoms with Gasteiger partial charge in [0.25, 0.3) is 0 Å². The molecule has 1 rings (SSSR count). The van der Waals surface area contributed by atoms with Crippen molar-refractivity contribution in [2.24, 2.45) is 0 Å². The Bertz CT molecular complexity index is 413. The molecule has 0 aliphatic heterocycles. The standard InChI is InChI=1S/C13H17NO3/c1-4-14-13(15)8-6-10-5-7-11(16-2)12(9-10)17-3/h5-9H,4H2,1-3H3,(H,14,15). The van der Waals surface area contributed by atoms with Crippen molar-refractivity contribution in [1.29, 1.82) is 0 Å². The predicted molar refractivity (Wildman–Crippen MR) is 67.3 cm³/mol. The molecular weight excluding hydrogens is 218 g/mol. The van der Waals surface area contributed by atoms with Gasteiger partial charge in [-0.05, 0) is 30.7 Å². The lowest BCUT2D eigenvalue weighted by Gasteiger charge is -2.07. The van der Waals surface area contributed by atoms with Crippen molar-refractivity contribution in [3.8, 4) is 11.5 Å². The van der Waals surface area contributed by atoms with Crippen LogP contribution < -0.4 is 14.8 Å². The number of likely N-dealkylation sites (N-methyl/N-ethyl adjacent to an activating group) is 1. The van der Waals surface area contributed by atoms with E-state index in [2.05, 4.69) is 5.32 Å². The van der Waals surface area contributed by atoms with E-state index in [9.17, 15) is 4.79 Å². The van der Waals surface area contributed by atoms with Crippen LogP contribution in [0.1, 0.15) is 12.5 Å². The maximum absolute atomic E-state index is 11.2. The average molecular weight is 235 g/mol. The lowest BCUT2D eigenvalue weighted by atomic mass is 10.2. The molecule has 0 aliphatic carbocycles. The van der Waals surface area contributed by atoms with Gasteiger partial charge in [-0.3, -0.25) is 4.79 Å². The van der Waals surface area contributed by atoms with E-state index < -0.39 is 0 Å². The molecule has 0 spiro atoms. The first kappa shape index (κ1) is 13.1. The van der Waals surface area contributed by atoms with Crippen molar-refractivity contribution in [3.05, 3.63) is 29.8 Å². The molecule has 1 amide bonds. The molecule has 0 atom stereocenters. The molecule has 0 unspecified atom stereocenters. The van der Waals surface area contributed by atoms with Crippen LogP contribution in [0.15, 0.2) is 24.3 Å². The normalized spacial score (nSPS) is 10.3. The smallest absolute Gasteiger partial charge is 0.243 e. The zero-order valence-corrected chi connectivity index (χ0v) is 10.3. The summed E-state index contributed by atoms with van der Waals surface area (Å²) in [5.74, 6) is 1.20. The van der Waals surface area contributed by atoms with Gasteiger partial charge in [0.05, 0.1) is 14.2 Å². The number of rotatable bonds is 5. The summed E-state index contributed by atoms with van der Waals surface area (Å²) >= 11 is 0. The van der Waals surface area contributed by atoms with Crippen molar-refractivity contribution in [2.45, 2.75) is 6.92 Å². The van der Waals surface area contributed by atoms with Gasteiger partial charge in [0.1, 0.15) is 0 Å². The Hall–Kier alpha value is -1.97. The maximum atomic E-state index is 11.2. The van der Waals surface area contributed by atoms with Crippen LogP contribution >= 0.6 is 0 Å². The Morgan fingerprint density at radius 1 is 1.29 bits per heavy atom. The van der Waals surface area contributed by atoms with Crippen LogP contribution in [0.4, 0.5) is 0 Å². The van der Waals surface area contributed by atoms with E-state index in [1.165, 1.54) is 6.08 Å². The highest BCUT2D eigenvalue weighted by Crippen LogP contribution is 2.27. The van der Waals surface area contributed by atoms with E-state index in [0.717, 1.165) is 5.56 Å². The van der Waals surface area contributed by atoms with E-state index in [-0.39, 0.29) is 5.91 Å². The molecular formula is C13H17NO3. The first-order valence-corrected chi connectivity index (χ1v) is 5.39. The zero-order valence-electron chi connectivity index (χ0n) is 10.3. The van der Waals surface area contributed by atoms with Crippen molar-refractivity contribution in [2.75, 3.05) is 20.8 Å². The van der Waals surface area contributed by atoms with Crippen LogP contribution in [0.3, 0.4) is 0 Å². The molecule has 92 valence electrons. The van der Waals surface area contributed by atoms with Gasteiger partial charge < -0.3 is 14.8 Å². The zero-order chi connectivity index (χ0) is 12.7. The minimum Gasteiger partial charge on any atom is -0.493 e. The third-order valence-electron chi connectivity index (χ3n) is 2.19. The lowest BCUT2D eigenvalue weighted by molar-refractivity contribution is -0.116. The van der Waals surface area contributed by atoms with Gasteiger partial charge in [-0.25, -0.2) is 0 Å². The number of ether oxygens (including phenoxy) is 2. The fourth-order valence-electron chi connectivity index (χ4n) is 1.36. The molecule has 0 saturated carbocycles. The summed E-state index contributed by atoms with van der Waals surface area (Å²) in [5.41, 5.74) is 0.883. The molecule has 0 saturated heterocycles. The number of hydrogen-bond acceptors (Lipinski definition) is 3. The van der Waals surface area contributed by atoms with E-state index in [1.54, 1.807) is 26.4 Å². The van der Waals surface area contributed by atoms with Crippen LogP contribution in [-0.4, -0.2) is 26.7 Å². The fourth-order valence-corrected chi connectivity index (χ4v) is 1.36. The van der Waals surface area contributed by atoms with Gasteiger partial charge in [-0.1, -0.05) is 6.07 Å². The van der Waals surface area contributed by atoms with E-state index in [0.29, 0.717) is 18.0 Å². The second-order valence-electron chi connectivity index (χ2n) is 3.34. The predicted octanol–water partition coefficient (Wildman–Crippen LogP) is 1.85. The molecule has 1 aromatic rings. The summed E-state index contributed by atoms with van der Waals surface area (Å²) in [6.07, 6.45) is 3.22. The molecule has 1 N–H and O–H groups in total. The highest BCUT2D eigenvalue weighted by Gasteiger charge is 2.02. The minimum atomic E-state index is -0.109. The van der Waals surface area contributed by atoms with Crippen molar-refractivity contribution < 1.29 is 14.3 Å². The van der Waals surface area contributed by atoms with Crippen molar-refractivity contribution >= 4 is 12.0 Å². The van der Waals surface area contributed by atoms with Gasteiger partial charge in [-0.2, -0.15) is 0 Å². The minimum absolute atomic E-state index is 0.109. The Morgan fingerprint density at radius 3 is 2.59 bits per heavy atom. The van der Waals surface area contributed by atoms with Crippen LogP contribution in [0, 0.1) is 0 Å². The summed E-state index contributed by atoms with van der Waals surface area (Å²) in [4.78, 5) is 11.2. The third kappa shape index (κ3) is 3.83. The number of benzene rings is 1. The van der Waals surface area contributed by atoms with Crippen LogP contribution in [0.25, 0.3) is 6.08 Å². The molecule has 4 nitrogen and oxygen atoms in total. The summed E-state index contributed by atoms with van der Waals surface area (Å²) < 4.78 is 10.3. The summed E-state index contributed by atoms with van der Waals surface area (Å²) in [6, 6.07) is 5.47. The highest BCUT2D eigenvalue weighted by molar-refractivity contribution is 5.91. The highest BCUT2D eigenvalue weighted by atomic mass is 16.5. The molecule has 0 heterocycles. The Morgan fingerprint density at radius 2 is 2.00 bits per heavy atom. The maximum Gasteiger partial charge on any atom is 0.243 e. The van der Waals surface area contributed by atoms with Crippen LogP contribution in [-0.2, 0) is 4.79 Å². The van der Waals surface area contributed by atoms with Gasteiger partial charge in [-0.15, -0.1) is 0 Å². The number of hydrogen-bond donors (Lipinski definition) is 1. The van der Waals surface area contributed by atoms with Gasteiger partial charge in [0.15, 0.2) is 11.5 Å². The third-order valence-corrected chi connectivity index (χ3v) is 2.19. The van der Waals surface area contributed by atoms with Gasteiger partial charge >= 0.3 is 0 Å². The van der Waals surface area contributed by atoms with E-state index in [4.69, 9.17) is 9.47 Å². The van der Waals surface area contributed by atoms with Gasteiger partial charge in [0.2, 0.25) is 5.91 Å². The first-order valence-electron chi connectivity index (χ1n) is 5.39. The molecule has 0 aromatic heterocycles. The number of carbonyl (C=O) groups excluding carboxylic acids is 1. The van der Waals surface area contributed by atoms with Crippen LogP contribution in [0.5, 0.6) is 11.5 Å². The number of carbonyl (C=O) groups is 1. The Balaban J connectivity index is 2.82. The summed E-state index contributed by atoms with van der Waals surface area (Å²) in [5, 5.41) is 2.69. The monoisotopic (exact) mass is 235 g/mol. The Labute approximate surface area is 101 Å². The quantitative estimate of drug-likeness (QED) is 0.792. The van der Waals surface area contributed by atoms with Crippen molar-refractivity contribution in [3.63, 3.8) is 0 Å². The molecule has 0 aliphatic rings. The van der Waals surface area contributed by atoms with E-state index in [1.807, 2.05) is 19.1 Å². The molecule has 0 radical (unpaired) electrons. The molecule has 17 heavy (non-hydrogen) atoms. The number of methoxy groups -OCH3 is 2. The second kappa shape index (κ2) is 6.58. The molecule has 0 bridgehead atoms. The molecule has 1 aromatic carbocycles. The topological polar surface area (TPSA) is 47.6 Å². The molecule has 4 heteroatoms. The number of amides is 1. The first-order chi connectivity index (χ1) is 8.21. The lowest BCUT2D eigenvalue weighted by Crippen LogP contribution is -2.19. The fraction of sp³-hybridized carbons (Fsp3) is 0.308. The molecule has 0 fully saturated rings. The second-order valence-corrected chi connectivity index (χ2v) is 3.34. The van der Waals surface area contributed by atoms with Gasteiger partial charge in [0, 0.05) is 12.6 Å².